The molecule has 0 amide bonds. The van der Waals surface area contributed by atoms with Gasteiger partial charge in [-0.05, 0) is 6.92 Å². The zero-order valence-corrected chi connectivity index (χ0v) is 8.05. The summed E-state index contributed by atoms with van der Waals surface area (Å²) in [6.07, 6.45) is 6.72. The number of imidazole rings is 2. The van der Waals surface area contributed by atoms with Gasteiger partial charge in [0.2, 0.25) is 0 Å². The number of fused-ring (bicyclic) bond motifs is 1. The lowest BCUT2D eigenvalue weighted by atomic mass is 10.5. The van der Waals surface area contributed by atoms with Gasteiger partial charge in [0.25, 0.3) is 0 Å². The van der Waals surface area contributed by atoms with Gasteiger partial charge in [0.15, 0.2) is 11.5 Å². The highest BCUT2D eigenvalue weighted by Gasteiger charge is 2.07. The molecule has 3 rings (SSSR count). The third-order valence-corrected chi connectivity index (χ3v) is 2.16. The Morgan fingerprint density at radius 3 is 2.93 bits per heavy atom. The molecule has 0 saturated carbocycles. The Bertz CT molecular complexity index is 608. The molecule has 0 aromatic carbocycles. The number of hydrogen-bond acceptors (Lipinski definition) is 4. The van der Waals surface area contributed by atoms with E-state index in [2.05, 4.69) is 24.9 Å². The first-order valence-electron chi connectivity index (χ1n) is 4.49. The monoisotopic (exact) mass is 200 g/mol. The topological polar surface area (TPSA) is 72.3 Å². The Morgan fingerprint density at radius 1 is 1.20 bits per heavy atom. The molecule has 1 N–H and O–H groups in total. The fraction of sp³-hybridized carbons (Fsp3) is 0.111. The normalized spacial score (nSPS) is 11.0. The van der Waals surface area contributed by atoms with Gasteiger partial charge < -0.3 is 4.98 Å². The molecular weight excluding hydrogens is 192 g/mol. The molecule has 3 aromatic heterocycles. The van der Waals surface area contributed by atoms with Crippen LogP contribution in [0.15, 0.2) is 25.2 Å². The van der Waals surface area contributed by atoms with Crippen molar-refractivity contribution >= 4 is 11.2 Å². The number of rotatable bonds is 1. The number of H-pyrrole nitrogens is 1. The fourth-order valence-electron chi connectivity index (χ4n) is 1.49. The molecule has 0 saturated heterocycles. The van der Waals surface area contributed by atoms with Gasteiger partial charge in [0.05, 0.1) is 12.0 Å². The van der Waals surface area contributed by atoms with Crippen molar-refractivity contribution < 1.29 is 0 Å². The molecule has 15 heavy (non-hydrogen) atoms. The Morgan fingerprint density at radius 2 is 2.13 bits per heavy atom. The fourth-order valence-corrected chi connectivity index (χ4v) is 1.49. The van der Waals surface area contributed by atoms with Crippen LogP contribution in [-0.2, 0) is 0 Å². The SMILES string of the molecule is Cc1cn(-c2ncnc3nc[nH]c23)cn1. The molecule has 0 aliphatic heterocycles. The highest BCUT2D eigenvalue weighted by molar-refractivity contribution is 5.77. The number of nitrogens with one attached hydrogen (secondary N) is 1. The molecule has 0 spiro atoms. The molecule has 6 nitrogen and oxygen atoms in total. The quantitative estimate of drug-likeness (QED) is 0.632. The molecule has 6 heteroatoms. The van der Waals surface area contributed by atoms with Crippen LogP contribution >= 0.6 is 0 Å². The van der Waals surface area contributed by atoms with Gasteiger partial charge in [-0.3, -0.25) is 4.57 Å². The van der Waals surface area contributed by atoms with Gasteiger partial charge in [-0.1, -0.05) is 0 Å². The molecular formula is C9H8N6. The van der Waals surface area contributed by atoms with E-state index in [-0.39, 0.29) is 0 Å². The minimum Gasteiger partial charge on any atom is -0.340 e. The van der Waals surface area contributed by atoms with Gasteiger partial charge in [-0.25, -0.2) is 19.9 Å². The van der Waals surface area contributed by atoms with E-state index in [4.69, 9.17) is 0 Å². The van der Waals surface area contributed by atoms with Crippen molar-refractivity contribution in [1.82, 2.24) is 29.5 Å². The number of aromatic amines is 1. The van der Waals surface area contributed by atoms with Crippen molar-refractivity contribution in [2.75, 3.05) is 0 Å². The lowest BCUT2D eigenvalue weighted by molar-refractivity contribution is 0.987. The van der Waals surface area contributed by atoms with E-state index in [1.165, 1.54) is 6.33 Å². The van der Waals surface area contributed by atoms with E-state index < -0.39 is 0 Å². The van der Waals surface area contributed by atoms with Crippen LogP contribution in [0, 0.1) is 6.92 Å². The zero-order chi connectivity index (χ0) is 10.3. The van der Waals surface area contributed by atoms with Crippen LogP contribution in [0.5, 0.6) is 0 Å². The first kappa shape index (κ1) is 8.10. The van der Waals surface area contributed by atoms with Gasteiger partial charge in [-0.15, -0.1) is 0 Å². The molecule has 3 heterocycles. The minimum atomic E-state index is 0.659. The lowest BCUT2D eigenvalue weighted by Gasteiger charge is -2.00. The summed E-state index contributed by atoms with van der Waals surface area (Å²) in [7, 11) is 0. The highest BCUT2D eigenvalue weighted by atomic mass is 15.1. The summed E-state index contributed by atoms with van der Waals surface area (Å²) in [5, 5.41) is 0. The second-order valence-electron chi connectivity index (χ2n) is 3.22. The molecule has 0 fully saturated rings. The standard InChI is InChI=1S/C9H8N6/c1-6-2-15(5-14-6)9-7-8(11-3-10-7)12-4-13-9/h2-5H,1H3,(H,10,11,12,13). The predicted molar refractivity (Wildman–Crippen MR) is 53.5 cm³/mol. The molecule has 0 radical (unpaired) electrons. The van der Waals surface area contributed by atoms with Gasteiger partial charge in [0.1, 0.15) is 18.2 Å². The third-order valence-electron chi connectivity index (χ3n) is 2.16. The minimum absolute atomic E-state index is 0.659. The maximum absolute atomic E-state index is 4.20. The van der Waals surface area contributed by atoms with Crippen molar-refractivity contribution in [2.24, 2.45) is 0 Å². The Kier molecular flexibility index (Phi) is 1.55. The first-order chi connectivity index (χ1) is 7.34. The number of hydrogen-bond donors (Lipinski definition) is 1. The summed E-state index contributed by atoms with van der Waals surface area (Å²) in [4.78, 5) is 19.5. The zero-order valence-electron chi connectivity index (χ0n) is 8.05. The molecule has 74 valence electrons. The van der Waals surface area contributed by atoms with Crippen molar-refractivity contribution in [1.29, 1.82) is 0 Å². The summed E-state index contributed by atoms with van der Waals surface area (Å²) >= 11 is 0. The Balaban J connectivity index is 2.30. The van der Waals surface area contributed by atoms with Crippen LogP contribution < -0.4 is 0 Å². The summed E-state index contributed by atoms with van der Waals surface area (Å²) in [5.74, 6) is 0.762. The van der Waals surface area contributed by atoms with E-state index in [0.717, 1.165) is 17.0 Å². The second kappa shape index (κ2) is 2.88. The first-order valence-corrected chi connectivity index (χ1v) is 4.49. The summed E-state index contributed by atoms with van der Waals surface area (Å²) < 4.78 is 1.84. The maximum Gasteiger partial charge on any atom is 0.182 e. The van der Waals surface area contributed by atoms with Crippen molar-refractivity contribution in [3.8, 4) is 5.82 Å². The largest absolute Gasteiger partial charge is 0.340 e. The molecule has 3 aromatic rings. The van der Waals surface area contributed by atoms with Crippen LogP contribution in [0.4, 0.5) is 0 Å². The lowest BCUT2D eigenvalue weighted by Crippen LogP contribution is -1.96. The number of aromatic nitrogens is 6. The summed E-state index contributed by atoms with van der Waals surface area (Å²) in [6, 6.07) is 0. The van der Waals surface area contributed by atoms with Crippen molar-refractivity contribution in [3.05, 3.63) is 30.9 Å². The van der Waals surface area contributed by atoms with Crippen molar-refractivity contribution in [3.63, 3.8) is 0 Å². The van der Waals surface area contributed by atoms with E-state index >= 15 is 0 Å². The Labute approximate surface area is 85.0 Å². The molecule has 0 unspecified atom stereocenters. The summed E-state index contributed by atoms with van der Waals surface area (Å²) in [5.41, 5.74) is 2.42. The number of aryl methyl sites for hydroxylation is 1. The molecule has 0 bridgehead atoms. The van der Waals surface area contributed by atoms with E-state index in [1.807, 2.05) is 17.7 Å². The van der Waals surface area contributed by atoms with Crippen LogP contribution in [0.25, 0.3) is 17.0 Å². The second-order valence-corrected chi connectivity index (χ2v) is 3.22. The molecule has 0 aliphatic carbocycles. The van der Waals surface area contributed by atoms with Crippen LogP contribution in [0.2, 0.25) is 0 Å². The Hall–Kier alpha value is -2.24. The van der Waals surface area contributed by atoms with Gasteiger partial charge in [-0.2, -0.15) is 0 Å². The highest BCUT2D eigenvalue weighted by Crippen LogP contribution is 2.13. The molecule has 0 atom stereocenters. The summed E-state index contributed by atoms with van der Waals surface area (Å²) in [6.45, 7) is 1.93. The maximum atomic E-state index is 4.20. The van der Waals surface area contributed by atoms with Gasteiger partial charge >= 0.3 is 0 Å². The predicted octanol–water partition coefficient (Wildman–Crippen LogP) is 0.847. The molecule has 0 aliphatic rings. The van der Waals surface area contributed by atoms with Gasteiger partial charge in [0, 0.05) is 6.20 Å². The van der Waals surface area contributed by atoms with Crippen LogP contribution in [-0.4, -0.2) is 29.5 Å². The van der Waals surface area contributed by atoms with Crippen molar-refractivity contribution in [2.45, 2.75) is 6.92 Å². The average molecular weight is 200 g/mol. The van der Waals surface area contributed by atoms with Crippen LogP contribution in [0.1, 0.15) is 5.69 Å². The van der Waals surface area contributed by atoms with Crippen LogP contribution in [0.3, 0.4) is 0 Å². The third kappa shape index (κ3) is 1.18. The smallest absolute Gasteiger partial charge is 0.182 e. The van der Waals surface area contributed by atoms with E-state index in [9.17, 15) is 0 Å². The van der Waals surface area contributed by atoms with E-state index in [1.54, 1.807) is 12.7 Å². The average Bonchev–Trinajstić information content (AvgIpc) is 2.84. The number of nitrogens with zero attached hydrogens (tertiary/aromatic N) is 5. The van der Waals surface area contributed by atoms with E-state index in [0.29, 0.717) is 5.65 Å².